The summed E-state index contributed by atoms with van der Waals surface area (Å²) >= 11 is 0. The molecule has 2 aromatic carbocycles. The number of halogens is 2. The molecule has 0 saturated heterocycles. The number of carbonyl (C=O) groups excluding carboxylic acids is 1. The van der Waals surface area contributed by atoms with Crippen LogP contribution in [-0.4, -0.2) is 5.78 Å². The van der Waals surface area contributed by atoms with Gasteiger partial charge in [0.25, 0.3) is 0 Å². The summed E-state index contributed by atoms with van der Waals surface area (Å²) in [7, 11) is 0. The van der Waals surface area contributed by atoms with Crippen LogP contribution >= 0.6 is 0 Å². The highest BCUT2D eigenvalue weighted by Gasteiger charge is 2.12. The van der Waals surface area contributed by atoms with Crippen molar-refractivity contribution in [2.24, 2.45) is 5.92 Å². The fourth-order valence-electron chi connectivity index (χ4n) is 2.41. The predicted molar refractivity (Wildman–Crippen MR) is 84.8 cm³/mol. The quantitative estimate of drug-likeness (QED) is 0.631. The van der Waals surface area contributed by atoms with Crippen molar-refractivity contribution in [1.82, 2.24) is 0 Å². The third-order valence-electron chi connectivity index (χ3n) is 3.64. The molecule has 0 atom stereocenters. The molecule has 0 radical (unpaired) electrons. The van der Waals surface area contributed by atoms with Gasteiger partial charge in [0.2, 0.25) is 0 Å². The Bertz CT molecular complexity index is 625. The summed E-state index contributed by atoms with van der Waals surface area (Å²) in [4.78, 5) is 12.1. The Kier molecular flexibility index (Phi) is 5.42. The average molecular weight is 302 g/mol. The second-order valence-corrected chi connectivity index (χ2v) is 5.88. The van der Waals surface area contributed by atoms with Crippen LogP contribution in [-0.2, 0) is 0 Å². The van der Waals surface area contributed by atoms with Gasteiger partial charge in [-0.25, -0.2) is 8.78 Å². The second-order valence-electron chi connectivity index (χ2n) is 5.88. The van der Waals surface area contributed by atoms with E-state index in [1.807, 2.05) is 0 Å². The molecule has 116 valence electrons. The molecule has 2 rings (SSSR count). The van der Waals surface area contributed by atoms with E-state index in [-0.39, 0.29) is 11.3 Å². The van der Waals surface area contributed by atoms with Crippen molar-refractivity contribution in [3.63, 3.8) is 0 Å². The molecule has 0 saturated carbocycles. The van der Waals surface area contributed by atoms with E-state index in [9.17, 15) is 13.6 Å². The highest BCUT2D eigenvalue weighted by molar-refractivity contribution is 5.96. The minimum atomic E-state index is -0.601. The van der Waals surface area contributed by atoms with Gasteiger partial charge in [0.1, 0.15) is 11.6 Å². The number of rotatable bonds is 6. The number of hydrogen-bond donors (Lipinski definition) is 0. The van der Waals surface area contributed by atoms with Gasteiger partial charge in [0.05, 0.1) is 5.56 Å². The van der Waals surface area contributed by atoms with E-state index >= 15 is 0 Å². The molecule has 0 aromatic heterocycles. The van der Waals surface area contributed by atoms with Gasteiger partial charge in [-0.1, -0.05) is 50.6 Å². The monoisotopic (exact) mass is 302 g/mol. The lowest BCUT2D eigenvalue weighted by molar-refractivity contribution is 0.0978. The van der Waals surface area contributed by atoms with Crippen LogP contribution in [0.1, 0.15) is 43.5 Å². The number of ketones is 1. The van der Waals surface area contributed by atoms with Crippen LogP contribution in [0.2, 0.25) is 0 Å². The molecule has 1 nitrogen and oxygen atoms in total. The largest absolute Gasteiger partial charge is 0.294 e. The molecular weight excluding hydrogens is 282 g/mol. The minimum Gasteiger partial charge on any atom is -0.294 e. The van der Waals surface area contributed by atoms with Gasteiger partial charge < -0.3 is 0 Å². The third-order valence-corrected chi connectivity index (χ3v) is 3.64. The van der Waals surface area contributed by atoms with Gasteiger partial charge in [-0.05, 0) is 30.0 Å². The molecule has 0 aliphatic carbocycles. The molecular formula is C19H20F2O. The Morgan fingerprint density at radius 1 is 1.00 bits per heavy atom. The van der Waals surface area contributed by atoms with E-state index in [0.29, 0.717) is 23.5 Å². The number of benzene rings is 2. The summed E-state index contributed by atoms with van der Waals surface area (Å²) in [6.45, 7) is 4.25. The van der Waals surface area contributed by atoms with E-state index in [4.69, 9.17) is 0 Å². The van der Waals surface area contributed by atoms with Crippen LogP contribution in [0.25, 0.3) is 11.1 Å². The number of hydrogen-bond acceptors (Lipinski definition) is 1. The van der Waals surface area contributed by atoms with Crippen molar-refractivity contribution in [3.8, 4) is 11.1 Å². The van der Waals surface area contributed by atoms with Crippen LogP contribution in [0.3, 0.4) is 0 Å². The first-order chi connectivity index (χ1) is 10.5. The molecule has 3 heteroatoms. The summed E-state index contributed by atoms with van der Waals surface area (Å²) < 4.78 is 27.5. The lowest BCUT2D eigenvalue weighted by Gasteiger charge is -2.07. The first-order valence-electron chi connectivity index (χ1n) is 7.56. The Labute approximate surface area is 130 Å². The maximum Gasteiger partial charge on any atom is 0.162 e. The van der Waals surface area contributed by atoms with Crippen molar-refractivity contribution < 1.29 is 13.6 Å². The first-order valence-corrected chi connectivity index (χ1v) is 7.56. The minimum absolute atomic E-state index is 0.0543. The van der Waals surface area contributed by atoms with E-state index in [0.717, 1.165) is 12.8 Å². The summed E-state index contributed by atoms with van der Waals surface area (Å²) in [5.74, 6) is -0.549. The molecule has 22 heavy (non-hydrogen) atoms. The zero-order valence-corrected chi connectivity index (χ0v) is 12.9. The van der Waals surface area contributed by atoms with Crippen molar-refractivity contribution in [3.05, 3.63) is 59.7 Å². The van der Waals surface area contributed by atoms with Gasteiger partial charge >= 0.3 is 0 Å². The normalized spacial score (nSPS) is 11.0. The van der Waals surface area contributed by atoms with Gasteiger partial charge in [-0.2, -0.15) is 0 Å². The van der Waals surface area contributed by atoms with E-state index in [2.05, 4.69) is 13.8 Å². The van der Waals surface area contributed by atoms with E-state index in [1.54, 1.807) is 24.3 Å². The van der Waals surface area contributed by atoms with Gasteiger partial charge in [-0.15, -0.1) is 0 Å². The Balaban J connectivity index is 2.12. The predicted octanol–water partition coefficient (Wildman–Crippen LogP) is 5.64. The Morgan fingerprint density at radius 3 is 2.14 bits per heavy atom. The van der Waals surface area contributed by atoms with Crippen molar-refractivity contribution >= 4 is 5.78 Å². The Morgan fingerprint density at radius 2 is 1.59 bits per heavy atom. The lowest BCUT2D eigenvalue weighted by atomic mass is 9.98. The van der Waals surface area contributed by atoms with Crippen LogP contribution in [0.4, 0.5) is 8.78 Å². The molecule has 0 N–H and O–H groups in total. The molecule has 0 fully saturated rings. The van der Waals surface area contributed by atoms with Crippen LogP contribution in [0, 0.1) is 17.6 Å². The molecule has 0 spiro atoms. The topological polar surface area (TPSA) is 17.1 Å². The summed E-state index contributed by atoms with van der Waals surface area (Å²) in [5, 5.41) is 0. The van der Waals surface area contributed by atoms with E-state index < -0.39 is 11.6 Å². The van der Waals surface area contributed by atoms with Gasteiger partial charge in [0, 0.05) is 12.0 Å². The van der Waals surface area contributed by atoms with Gasteiger partial charge in [0.15, 0.2) is 5.78 Å². The van der Waals surface area contributed by atoms with E-state index in [1.165, 1.54) is 18.2 Å². The highest BCUT2D eigenvalue weighted by Crippen LogP contribution is 2.26. The SMILES string of the molecule is CC(C)CCCC(=O)c1ccc(-c2c(F)cccc2F)cc1. The highest BCUT2D eigenvalue weighted by atomic mass is 19.1. The average Bonchev–Trinajstić information content (AvgIpc) is 2.47. The van der Waals surface area contributed by atoms with Gasteiger partial charge in [-0.3, -0.25) is 4.79 Å². The molecule has 0 aliphatic rings. The standard InChI is InChI=1S/C19H20F2O/c1-13(2)5-3-8-18(22)14-9-11-15(12-10-14)19-16(20)6-4-7-17(19)21/h4,6-7,9-13H,3,5,8H2,1-2H3. The van der Waals surface area contributed by atoms with Crippen molar-refractivity contribution in [2.75, 3.05) is 0 Å². The number of carbonyl (C=O) groups is 1. The second kappa shape index (κ2) is 7.30. The van der Waals surface area contributed by atoms with Crippen LogP contribution in [0.5, 0.6) is 0 Å². The zero-order chi connectivity index (χ0) is 16.1. The zero-order valence-electron chi connectivity index (χ0n) is 12.9. The van der Waals surface area contributed by atoms with Crippen LogP contribution in [0.15, 0.2) is 42.5 Å². The molecule has 0 aliphatic heterocycles. The van der Waals surface area contributed by atoms with Crippen molar-refractivity contribution in [1.29, 1.82) is 0 Å². The first kappa shape index (κ1) is 16.3. The van der Waals surface area contributed by atoms with Crippen LogP contribution < -0.4 is 0 Å². The van der Waals surface area contributed by atoms with Crippen molar-refractivity contribution in [2.45, 2.75) is 33.1 Å². The molecule has 2 aromatic rings. The summed E-state index contributed by atoms with van der Waals surface area (Å²) in [6, 6.07) is 10.2. The maximum atomic E-state index is 13.7. The molecule has 0 heterocycles. The Hall–Kier alpha value is -2.03. The number of Topliss-reactive ketones (excluding diaryl/α,β-unsaturated/α-hetero) is 1. The molecule has 0 unspecified atom stereocenters. The molecule has 0 amide bonds. The summed E-state index contributed by atoms with van der Waals surface area (Å²) in [5.41, 5.74) is 0.972. The molecule has 0 bridgehead atoms. The smallest absolute Gasteiger partial charge is 0.162 e. The lowest BCUT2D eigenvalue weighted by Crippen LogP contribution is -2.00. The fraction of sp³-hybridized carbons (Fsp3) is 0.316. The fourth-order valence-corrected chi connectivity index (χ4v) is 2.41. The maximum absolute atomic E-state index is 13.7. The summed E-state index contributed by atoms with van der Waals surface area (Å²) in [6.07, 6.45) is 2.38. The third kappa shape index (κ3) is 4.00.